The van der Waals surface area contributed by atoms with Gasteiger partial charge in [-0.05, 0) is 59.3 Å². The number of benzene rings is 3. The van der Waals surface area contributed by atoms with Crippen LogP contribution in [0.4, 0.5) is 0 Å². The van der Waals surface area contributed by atoms with Crippen molar-refractivity contribution >= 4 is 20.1 Å². The first kappa shape index (κ1) is 28.1. The van der Waals surface area contributed by atoms with Gasteiger partial charge in [-0.1, -0.05) is 116 Å². The van der Waals surface area contributed by atoms with Crippen molar-refractivity contribution in [3.63, 3.8) is 0 Å². The van der Waals surface area contributed by atoms with Gasteiger partial charge >= 0.3 is 0 Å². The van der Waals surface area contributed by atoms with E-state index in [1.54, 1.807) is 0 Å². The summed E-state index contributed by atoms with van der Waals surface area (Å²) in [7, 11) is 2.47. The van der Waals surface area contributed by atoms with Crippen LogP contribution in [-0.2, 0) is 17.2 Å². The summed E-state index contributed by atoms with van der Waals surface area (Å²) >= 11 is 0. The van der Waals surface area contributed by atoms with Gasteiger partial charge in [-0.2, -0.15) is 0 Å². The lowest BCUT2D eigenvalue weighted by atomic mass is 9.82. The summed E-state index contributed by atoms with van der Waals surface area (Å²) in [6, 6.07) is 22.1. The van der Waals surface area contributed by atoms with Crippen LogP contribution in [0.2, 0.25) is 0 Å². The zero-order valence-corrected chi connectivity index (χ0v) is 24.5. The summed E-state index contributed by atoms with van der Waals surface area (Å²) < 4.78 is 6.66. The number of unbranched alkanes of at least 4 members (excludes halogenated alkanes) is 1. The Balaban J connectivity index is 2.16. The number of ether oxygens (including phenoxy) is 1. The van der Waals surface area contributed by atoms with E-state index in [0.717, 1.165) is 12.2 Å². The predicted molar refractivity (Wildman–Crippen MR) is 160 cm³/mol. The van der Waals surface area contributed by atoms with Crippen molar-refractivity contribution in [2.24, 2.45) is 4.99 Å². The van der Waals surface area contributed by atoms with E-state index in [2.05, 4.69) is 114 Å². The lowest BCUT2D eigenvalue weighted by Gasteiger charge is -2.35. The molecule has 0 fully saturated rings. The Morgan fingerprint density at radius 3 is 2.31 bits per heavy atom. The maximum absolute atomic E-state index is 6.66. The second kappa shape index (κ2) is 12.2. The lowest BCUT2D eigenvalue weighted by molar-refractivity contribution is 0.296. The van der Waals surface area contributed by atoms with E-state index in [1.165, 1.54) is 51.5 Å². The average Bonchev–Trinajstić information content (AvgIpc) is 2.83. The third-order valence-corrected chi connectivity index (χ3v) is 8.67. The van der Waals surface area contributed by atoms with Gasteiger partial charge in [-0.25, -0.2) is 0 Å². The molecule has 3 aromatic rings. The predicted octanol–water partition coefficient (Wildman–Crippen LogP) is 8.64. The minimum absolute atomic E-state index is 0.0420. The van der Waals surface area contributed by atoms with Crippen LogP contribution in [0.25, 0.3) is 0 Å². The molecule has 3 heteroatoms. The Labute approximate surface area is 221 Å². The van der Waals surface area contributed by atoms with Crippen LogP contribution in [0.3, 0.4) is 0 Å². The maximum atomic E-state index is 6.66. The Morgan fingerprint density at radius 1 is 0.944 bits per heavy atom. The molecule has 3 rings (SSSR count). The van der Waals surface area contributed by atoms with Crippen LogP contribution < -0.4 is 10.0 Å². The van der Waals surface area contributed by atoms with E-state index in [1.807, 2.05) is 13.3 Å². The molecule has 0 aliphatic heterocycles. The van der Waals surface area contributed by atoms with Crippen molar-refractivity contribution < 1.29 is 4.74 Å². The molecule has 0 saturated carbocycles. The first-order valence-electron chi connectivity index (χ1n) is 13.2. The van der Waals surface area contributed by atoms with Gasteiger partial charge in [-0.15, -0.1) is 0 Å². The second-order valence-electron chi connectivity index (χ2n) is 11.2. The maximum Gasteiger partial charge on any atom is 0.126 e. The molecule has 0 bridgehead atoms. The minimum Gasteiger partial charge on any atom is -0.488 e. The highest BCUT2D eigenvalue weighted by Gasteiger charge is 2.33. The monoisotopic (exact) mass is 501 g/mol. The second-order valence-corrected chi connectivity index (χ2v) is 13.1. The Hall–Kier alpha value is -2.44. The SMILES string of the molecule is CCCCC(C)(Pc1ccc(C)cc1C=NC)c1cc(C(C)(C)C)cc(C)c1OCc1ccccc1. The van der Waals surface area contributed by atoms with Gasteiger partial charge in [0.25, 0.3) is 0 Å². The Bertz CT molecular complexity index is 1180. The van der Waals surface area contributed by atoms with Crippen LogP contribution in [0.1, 0.15) is 87.3 Å². The van der Waals surface area contributed by atoms with Crippen LogP contribution in [0, 0.1) is 13.8 Å². The van der Waals surface area contributed by atoms with E-state index in [0.29, 0.717) is 15.2 Å². The van der Waals surface area contributed by atoms with E-state index < -0.39 is 0 Å². The Morgan fingerprint density at radius 2 is 1.67 bits per heavy atom. The standard InChI is InChI=1S/C33H44NOP/c1-9-10-18-33(7,36-30-17-16-24(2)19-27(30)22-34-8)29-21-28(32(4,5)6)20-25(3)31(29)35-23-26-14-12-11-13-15-26/h11-17,19-22,36H,9-10,18,23H2,1-8H3. The van der Waals surface area contributed by atoms with E-state index in [4.69, 9.17) is 4.74 Å². The fraction of sp³-hybridized carbons (Fsp3) is 0.424. The normalized spacial score (nSPS) is 14.0. The summed E-state index contributed by atoms with van der Waals surface area (Å²) in [6.07, 6.45) is 5.49. The quantitative estimate of drug-likeness (QED) is 0.201. The summed E-state index contributed by atoms with van der Waals surface area (Å²) in [5, 5.41) is 1.33. The molecule has 0 aromatic heterocycles. The number of aryl methyl sites for hydroxylation is 2. The molecular weight excluding hydrogens is 457 g/mol. The minimum atomic E-state index is -0.0420. The molecule has 36 heavy (non-hydrogen) atoms. The molecule has 0 heterocycles. The molecule has 0 spiro atoms. The van der Waals surface area contributed by atoms with Crippen molar-refractivity contribution in [3.8, 4) is 5.75 Å². The number of aliphatic imine (C=N–C) groups is 1. The average molecular weight is 502 g/mol. The molecule has 0 N–H and O–H groups in total. The molecule has 192 valence electrons. The summed E-state index contributed by atoms with van der Waals surface area (Å²) in [5.74, 6) is 1.05. The zero-order valence-electron chi connectivity index (χ0n) is 23.5. The number of nitrogens with zero attached hydrogens (tertiary/aromatic N) is 1. The fourth-order valence-electron chi connectivity index (χ4n) is 4.67. The number of rotatable bonds is 10. The van der Waals surface area contributed by atoms with Crippen molar-refractivity contribution in [2.45, 2.75) is 84.9 Å². The van der Waals surface area contributed by atoms with Gasteiger partial charge in [-0.3, -0.25) is 4.99 Å². The molecule has 2 nitrogen and oxygen atoms in total. The van der Waals surface area contributed by atoms with Crippen molar-refractivity contribution in [3.05, 3.63) is 94.0 Å². The van der Waals surface area contributed by atoms with Crippen LogP contribution in [-0.4, -0.2) is 13.3 Å². The third-order valence-electron chi connectivity index (χ3n) is 6.88. The van der Waals surface area contributed by atoms with Crippen molar-refractivity contribution in [1.29, 1.82) is 0 Å². The largest absolute Gasteiger partial charge is 0.488 e. The Kier molecular flexibility index (Phi) is 9.53. The third kappa shape index (κ3) is 7.07. The fourth-order valence-corrected chi connectivity index (χ4v) is 6.34. The van der Waals surface area contributed by atoms with Crippen LogP contribution >= 0.6 is 8.58 Å². The highest BCUT2D eigenvalue weighted by atomic mass is 31.1. The topological polar surface area (TPSA) is 21.6 Å². The molecule has 0 saturated heterocycles. The molecule has 0 aliphatic carbocycles. The molecule has 2 atom stereocenters. The lowest BCUT2D eigenvalue weighted by Crippen LogP contribution is -2.24. The van der Waals surface area contributed by atoms with E-state index in [-0.39, 0.29) is 10.6 Å². The molecule has 0 aliphatic rings. The number of hydrogen-bond donors (Lipinski definition) is 0. The summed E-state index contributed by atoms with van der Waals surface area (Å²) in [6.45, 7) is 16.6. The number of hydrogen-bond acceptors (Lipinski definition) is 2. The summed E-state index contributed by atoms with van der Waals surface area (Å²) in [5.41, 5.74) is 7.69. The first-order chi connectivity index (χ1) is 17.1. The molecule has 0 amide bonds. The highest BCUT2D eigenvalue weighted by Crippen LogP contribution is 2.50. The molecule has 2 unspecified atom stereocenters. The smallest absolute Gasteiger partial charge is 0.126 e. The van der Waals surface area contributed by atoms with Crippen LogP contribution in [0.5, 0.6) is 5.75 Å². The van der Waals surface area contributed by atoms with Crippen molar-refractivity contribution in [2.75, 3.05) is 7.05 Å². The first-order valence-corrected chi connectivity index (χ1v) is 14.2. The van der Waals surface area contributed by atoms with Crippen molar-refractivity contribution in [1.82, 2.24) is 0 Å². The summed E-state index contributed by atoms with van der Waals surface area (Å²) in [4.78, 5) is 4.37. The molecular formula is C33H44NOP. The molecule has 0 radical (unpaired) electrons. The highest BCUT2D eigenvalue weighted by molar-refractivity contribution is 7.48. The zero-order chi connectivity index (χ0) is 26.3. The van der Waals surface area contributed by atoms with E-state index in [9.17, 15) is 0 Å². The molecule has 3 aromatic carbocycles. The van der Waals surface area contributed by atoms with Gasteiger partial charge in [0, 0.05) is 24.0 Å². The van der Waals surface area contributed by atoms with E-state index >= 15 is 0 Å². The van der Waals surface area contributed by atoms with Gasteiger partial charge in [0.15, 0.2) is 0 Å². The van der Waals surface area contributed by atoms with Crippen LogP contribution in [0.15, 0.2) is 65.7 Å². The van der Waals surface area contributed by atoms with Gasteiger partial charge < -0.3 is 4.74 Å². The van der Waals surface area contributed by atoms with Gasteiger partial charge in [0.1, 0.15) is 12.4 Å². The van der Waals surface area contributed by atoms with Gasteiger partial charge in [0.2, 0.25) is 0 Å². The van der Waals surface area contributed by atoms with Gasteiger partial charge in [0.05, 0.1) is 0 Å².